The van der Waals surface area contributed by atoms with E-state index in [-0.39, 0.29) is 0 Å². The second-order valence-corrected chi connectivity index (χ2v) is 4.67. The Morgan fingerprint density at radius 2 is 1.79 bits per heavy atom. The monoisotopic (exact) mass is 274 g/mol. The number of rotatable bonds is 6. The first-order valence-corrected chi connectivity index (χ1v) is 6.59. The third-order valence-electron chi connectivity index (χ3n) is 2.83. The van der Waals surface area contributed by atoms with Crippen molar-refractivity contribution in [2.24, 2.45) is 0 Å². The maximum absolute atomic E-state index is 10.8. The number of ether oxygens (including phenoxy) is 1. The average Bonchev–Trinajstić information content (AvgIpc) is 2.46. The predicted octanol–water partition coefficient (Wildman–Crippen LogP) is 4.16. The summed E-state index contributed by atoms with van der Waals surface area (Å²) in [5.74, 6) is 0.647. The van der Waals surface area contributed by atoms with Gasteiger partial charge in [0.25, 0.3) is 0 Å². The summed E-state index contributed by atoms with van der Waals surface area (Å²) in [6.07, 6.45) is 2.64. The number of aryl methyl sites for hydroxylation is 1. The fourth-order valence-electron chi connectivity index (χ4n) is 1.82. The Balaban J connectivity index is 1.80. The molecule has 0 aromatic heterocycles. The first-order valence-electron chi connectivity index (χ1n) is 6.21. The van der Waals surface area contributed by atoms with Crippen LogP contribution in [-0.4, -0.2) is 12.9 Å². The van der Waals surface area contributed by atoms with Crippen LogP contribution in [0, 0.1) is 0 Å². The Kier molecular flexibility index (Phi) is 4.99. The average molecular weight is 275 g/mol. The molecule has 3 heteroatoms. The number of hydrogen-bond donors (Lipinski definition) is 0. The Morgan fingerprint density at radius 3 is 2.53 bits per heavy atom. The number of carbonyl (C=O) groups excluding carboxylic acids is 1. The molecule has 0 spiro atoms. The summed E-state index contributed by atoms with van der Waals surface area (Å²) in [5.41, 5.74) is 1.82. The van der Waals surface area contributed by atoms with E-state index in [1.54, 1.807) is 6.07 Å². The standard InChI is InChI=1S/C16H15ClO2/c17-15-9-7-13(8-10-15)4-3-11-19-16-6-2-1-5-14(16)12-18/h1-2,5-10,12H,3-4,11H2. The highest BCUT2D eigenvalue weighted by Gasteiger charge is 2.01. The normalized spacial score (nSPS) is 10.2. The topological polar surface area (TPSA) is 26.3 Å². The molecule has 2 aromatic carbocycles. The van der Waals surface area contributed by atoms with Crippen LogP contribution in [0.25, 0.3) is 0 Å². The van der Waals surface area contributed by atoms with E-state index in [1.807, 2.05) is 42.5 Å². The lowest BCUT2D eigenvalue weighted by molar-refractivity contribution is 0.111. The Labute approximate surface area is 118 Å². The van der Waals surface area contributed by atoms with Gasteiger partial charge in [-0.15, -0.1) is 0 Å². The maximum Gasteiger partial charge on any atom is 0.153 e. The SMILES string of the molecule is O=Cc1ccccc1OCCCc1ccc(Cl)cc1. The molecule has 0 aliphatic rings. The van der Waals surface area contributed by atoms with Crippen molar-refractivity contribution in [1.82, 2.24) is 0 Å². The van der Waals surface area contributed by atoms with Crippen molar-refractivity contribution in [3.05, 3.63) is 64.7 Å². The molecule has 2 aromatic rings. The first kappa shape index (κ1) is 13.6. The van der Waals surface area contributed by atoms with Crippen LogP contribution >= 0.6 is 11.6 Å². The molecule has 0 heterocycles. The van der Waals surface area contributed by atoms with Crippen LogP contribution in [0.3, 0.4) is 0 Å². The van der Waals surface area contributed by atoms with Gasteiger partial charge in [0.05, 0.1) is 12.2 Å². The van der Waals surface area contributed by atoms with Crippen LogP contribution in [-0.2, 0) is 6.42 Å². The van der Waals surface area contributed by atoms with Gasteiger partial charge in [-0.3, -0.25) is 4.79 Å². The van der Waals surface area contributed by atoms with Gasteiger partial charge in [-0.2, -0.15) is 0 Å². The summed E-state index contributed by atoms with van der Waals surface area (Å²) in [4.78, 5) is 10.8. The third kappa shape index (κ3) is 4.11. The lowest BCUT2D eigenvalue weighted by Gasteiger charge is -2.08. The Hall–Kier alpha value is -1.80. The third-order valence-corrected chi connectivity index (χ3v) is 3.08. The van der Waals surface area contributed by atoms with Gasteiger partial charge in [0.1, 0.15) is 5.75 Å². The zero-order valence-electron chi connectivity index (χ0n) is 10.5. The van der Waals surface area contributed by atoms with E-state index in [1.165, 1.54) is 5.56 Å². The molecule has 0 saturated carbocycles. The molecule has 0 atom stereocenters. The molecule has 2 rings (SSSR count). The molecule has 98 valence electrons. The van der Waals surface area contributed by atoms with Gasteiger partial charge in [0.15, 0.2) is 6.29 Å². The number of benzene rings is 2. The molecule has 0 radical (unpaired) electrons. The summed E-state index contributed by atoms with van der Waals surface area (Å²) in [6, 6.07) is 15.1. The minimum Gasteiger partial charge on any atom is -0.493 e. The van der Waals surface area contributed by atoms with Crippen molar-refractivity contribution in [3.63, 3.8) is 0 Å². The minimum atomic E-state index is 0.591. The number of halogens is 1. The zero-order valence-corrected chi connectivity index (χ0v) is 11.3. The van der Waals surface area contributed by atoms with Crippen molar-refractivity contribution < 1.29 is 9.53 Å². The van der Waals surface area contributed by atoms with Crippen LogP contribution in [0.1, 0.15) is 22.3 Å². The van der Waals surface area contributed by atoms with Crippen molar-refractivity contribution in [1.29, 1.82) is 0 Å². The van der Waals surface area contributed by atoms with Gasteiger partial charge < -0.3 is 4.74 Å². The molecule has 0 bridgehead atoms. The summed E-state index contributed by atoms with van der Waals surface area (Å²) < 4.78 is 5.62. The molecule has 0 unspecified atom stereocenters. The summed E-state index contributed by atoms with van der Waals surface area (Å²) in [7, 11) is 0. The predicted molar refractivity (Wildman–Crippen MR) is 77.1 cm³/mol. The van der Waals surface area contributed by atoms with Gasteiger partial charge >= 0.3 is 0 Å². The molecule has 0 amide bonds. The second kappa shape index (κ2) is 6.95. The number of hydrogen-bond acceptors (Lipinski definition) is 2. The van der Waals surface area contributed by atoms with Gasteiger partial charge in [-0.1, -0.05) is 35.9 Å². The molecule has 2 nitrogen and oxygen atoms in total. The van der Waals surface area contributed by atoms with E-state index in [9.17, 15) is 4.79 Å². The van der Waals surface area contributed by atoms with E-state index in [0.717, 1.165) is 24.2 Å². The smallest absolute Gasteiger partial charge is 0.153 e. The van der Waals surface area contributed by atoms with Crippen LogP contribution < -0.4 is 4.74 Å². The Morgan fingerprint density at radius 1 is 1.05 bits per heavy atom. The summed E-state index contributed by atoms with van der Waals surface area (Å²) >= 11 is 5.83. The minimum absolute atomic E-state index is 0.591. The molecule has 0 aliphatic carbocycles. The lowest BCUT2D eigenvalue weighted by atomic mass is 10.1. The zero-order chi connectivity index (χ0) is 13.5. The van der Waals surface area contributed by atoms with Crippen LogP contribution in [0.5, 0.6) is 5.75 Å². The van der Waals surface area contributed by atoms with Gasteiger partial charge in [0, 0.05) is 5.02 Å². The van der Waals surface area contributed by atoms with Gasteiger partial charge in [0.2, 0.25) is 0 Å². The molecular formula is C16H15ClO2. The van der Waals surface area contributed by atoms with Gasteiger partial charge in [-0.05, 0) is 42.7 Å². The van der Waals surface area contributed by atoms with Crippen molar-refractivity contribution in [2.75, 3.05) is 6.61 Å². The summed E-state index contributed by atoms with van der Waals surface area (Å²) in [5, 5.41) is 0.750. The van der Waals surface area contributed by atoms with E-state index in [4.69, 9.17) is 16.3 Å². The van der Waals surface area contributed by atoms with Crippen LogP contribution in [0.4, 0.5) is 0 Å². The molecule has 0 aliphatic heterocycles. The number of aldehydes is 1. The van der Waals surface area contributed by atoms with Crippen LogP contribution in [0.15, 0.2) is 48.5 Å². The summed E-state index contributed by atoms with van der Waals surface area (Å²) in [6.45, 7) is 0.591. The molecule has 0 saturated heterocycles. The fraction of sp³-hybridized carbons (Fsp3) is 0.188. The van der Waals surface area contributed by atoms with E-state index >= 15 is 0 Å². The number of para-hydroxylation sites is 1. The molecule has 0 N–H and O–H groups in total. The van der Waals surface area contributed by atoms with E-state index in [0.29, 0.717) is 17.9 Å². The van der Waals surface area contributed by atoms with Crippen molar-refractivity contribution in [2.45, 2.75) is 12.8 Å². The largest absolute Gasteiger partial charge is 0.493 e. The maximum atomic E-state index is 10.8. The second-order valence-electron chi connectivity index (χ2n) is 4.23. The van der Waals surface area contributed by atoms with Crippen molar-refractivity contribution >= 4 is 17.9 Å². The highest BCUT2D eigenvalue weighted by Crippen LogP contribution is 2.16. The fourth-order valence-corrected chi connectivity index (χ4v) is 1.94. The Bertz CT molecular complexity index is 535. The highest BCUT2D eigenvalue weighted by atomic mass is 35.5. The van der Waals surface area contributed by atoms with Crippen LogP contribution in [0.2, 0.25) is 5.02 Å². The highest BCUT2D eigenvalue weighted by molar-refractivity contribution is 6.30. The van der Waals surface area contributed by atoms with E-state index < -0.39 is 0 Å². The quantitative estimate of drug-likeness (QED) is 0.584. The molecule has 19 heavy (non-hydrogen) atoms. The molecule has 0 fully saturated rings. The van der Waals surface area contributed by atoms with Gasteiger partial charge in [-0.25, -0.2) is 0 Å². The lowest BCUT2D eigenvalue weighted by Crippen LogP contribution is -2.01. The number of carbonyl (C=O) groups is 1. The van der Waals surface area contributed by atoms with Crippen molar-refractivity contribution in [3.8, 4) is 5.75 Å². The molecular weight excluding hydrogens is 260 g/mol. The van der Waals surface area contributed by atoms with E-state index in [2.05, 4.69) is 0 Å². The first-order chi connectivity index (χ1) is 9.29.